The van der Waals surface area contributed by atoms with Crippen molar-refractivity contribution in [2.75, 3.05) is 6.54 Å². The van der Waals surface area contributed by atoms with E-state index in [1.165, 1.54) is 6.42 Å². The molecule has 140 valence electrons. The summed E-state index contributed by atoms with van der Waals surface area (Å²) in [7, 11) is 0. The molecule has 6 nitrogen and oxygen atoms in total. The summed E-state index contributed by atoms with van der Waals surface area (Å²) in [5, 5.41) is 7.79. The fourth-order valence-electron chi connectivity index (χ4n) is 3.43. The van der Waals surface area contributed by atoms with Gasteiger partial charge in [0.1, 0.15) is 0 Å². The molecule has 1 amide bonds. The van der Waals surface area contributed by atoms with Crippen molar-refractivity contribution in [3.8, 4) is 11.4 Å². The predicted octanol–water partition coefficient (Wildman–Crippen LogP) is 3.35. The number of halogens is 1. The molecule has 0 bridgehead atoms. The Balaban J connectivity index is 1.44. The minimum absolute atomic E-state index is 0.0767. The molecule has 0 spiro atoms. The van der Waals surface area contributed by atoms with Gasteiger partial charge in [-0.15, -0.1) is 0 Å². The Morgan fingerprint density at radius 1 is 1.27 bits per heavy atom. The Kier molecular flexibility index (Phi) is 6.63. The Morgan fingerprint density at radius 2 is 2.04 bits per heavy atom. The van der Waals surface area contributed by atoms with Crippen LogP contribution in [0, 0.1) is 5.92 Å². The highest BCUT2D eigenvalue weighted by Crippen LogP contribution is 2.23. The number of nitrogens with one attached hydrogen (secondary N) is 1. The highest BCUT2D eigenvalue weighted by atomic mass is 35.5. The van der Waals surface area contributed by atoms with Crippen molar-refractivity contribution in [1.82, 2.24) is 15.5 Å². The molecule has 1 aliphatic rings. The summed E-state index contributed by atoms with van der Waals surface area (Å²) in [5.74, 6) is 1.56. The lowest BCUT2D eigenvalue weighted by Crippen LogP contribution is -2.44. The summed E-state index contributed by atoms with van der Waals surface area (Å²) in [6.07, 6.45) is 6.22. The molecule has 0 saturated heterocycles. The van der Waals surface area contributed by atoms with Gasteiger partial charge in [0.25, 0.3) is 0 Å². The van der Waals surface area contributed by atoms with Crippen molar-refractivity contribution in [1.29, 1.82) is 0 Å². The number of carbonyl (C=O) groups excluding carboxylic acids is 1. The molecule has 2 atom stereocenters. The first-order chi connectivity index (χ1) is 12.7. The molecular formula is C19H25ClN4O2. The Bertz CT molecular complexity index is 717. The van der Waals surface area contributed by atoms with Crippen LogP contribution in [0.3, 0.4) is 0 Å². The van der Waals surface area contributed by atoms with Gasteiger partial charge in [0.15, 0.2) is 0 Å². The molecule has 1 saturated carbocycles. The molecular weight excluding hydrogens is 352 g/mol. The third-order valence-electron chi connectivity index (χ3n) is 4.92. The van der Waals surface area contributed by atoms with Gasteiger partial charge in [-0.2, -0.15) is 4.98 Å². The largest absolute Gasteiger partial charge is 0.353 e. The van der Waals surface area contributed by atoms with Crippen LogP contribution >= 0.6 is 11.6 Å². The molecule has 3 N–H and O–H groups in total. The lowest BCUT2D eigenvalue weighted by atomic mass is 9.84. The number of rotatable bonds is 7. The van der Waals surface area contributed by atoms with Crippen LogP contribution in [0.25, 0.3) is 11.4 Å². The van der Waals surface area contributed by atoms with Gasteiger partial charge >= 0.3 is 0 Å². The average molecular weight is 377 g/mol. The molecule has 7 heteroatoms. The summed E-state index contributed by atoms with van der Waals surface area (Å²) in [6, 6.07) is 7.50. The van der Waals surface area contributed by atoms with E-state index in [1.54, 1.807) is 12.1 Å². The molecule has 0 radical (unpaired) electrons. The summed E-state index contributed by atoms with van der Waals surface area (Å²) >= 11 is 5.88. The van der Waals surface area contributed by atoms with Crippen LogP contribution in [-0.2, 0) is 11.2 Å². The molecule has 3 rings (SSSR count). The van der Waals surface area contributed by atoms with E-state index in [2.05, 4.69) is 15.5 Å². The van der Waals surface area contributed by atoms with Crippen LogP contribution in [0.2, 0.25) is 5.02 Å². The van der Waals surface area contributed by atoms with Gasteiger partial charge in [0.05, 0.1) is 0 Å². The molecule has 1 aromatic heterocycles. The topological polar surface area (TPSA) is 94.0 Å². The highest BCUT2D eigenvalue weighted by Gasteiger charge is 2.25. The summed E-state index contributed by atoms with van der Waals surface area (Å²) in [4.78, 5) is 16.6. The Labute approximate surface area is 158 Å². The van der Waals surface area contributed by atoms with Crippen LogP contribution in [0.4, 0.5) is 0 Å². The van der Waals surface area contributed by atoms with E-state index >= 15 is 0 Å². The number of aromatic nitrogens is 2. The van der Waals surface area contributed by atoms with Gasteiger partial charge in [-0.3, -0.25) is 4.79 Å². The van der Waals surface area contributed by atoms with E-state index in [-0.39, 0.29) is 11.9 Å². The van der Waals surface area contributed by atoms with E-state index in [9.17, 15) is 4.79 Å². The first kappa shape index (κ1) is 18.9. The van der Waals surface area contributed by atoms with Crippen molar-refractivity contribution in [2.24, 2.45) is 11.7 Å². The zero-order chi connectivity index (χ0) is 18.4. The molecule has 1 aromatic carbocycles. The number of benzene rings is 1. The number of amides is 1. The van der Waals surface area contributed by atoms with Crippen LogP contribution in [0.1, 0.15) is 44.4 Å². The van der Waals surface area contributed by atoms with E-state index < -0.39 is 0 Å². The summed E-state index contributed by atoms with van der Waals surface area (Å²) < 4.78 is 5.27. The SMILES string of the molecule is NCC1CCCCC1NC(=O)CCCc1nc(-c2ccc(Cl)cc2)no1. The number of nitrogens with two attached hydrogens (primary N) is 1. The standard InChI is InChI=1S/C19H25ClN4O2/c20-15-10-8-13(9-11-15)19-23-18(26-24-19)7-3-6-17(25)22-16-5-2-1-4-14(16)12-21/h8-11,14,16H,1-7,12,21H2,(H,22,25). The van der Waals surface area contributed by atoms with Crippen molar-refractivity contribution < 1.29 is 9.32 Å². The second-order valence-electron chi connectivity index (χ2n) is 6.83. The van der Waals surface area contributed by atoms with Crippen LogP contribution < -0.4 is 11.1 Å². The predicted molar refractivity (Wildman–Crippen MR) is 101 cm³/mol. The van der Waals surface area contributed by atoms with Crippen molar-refractivity contribution in [3.63, 3.8) is 0 Å². The number of aryl methyl sites for hydroxylation is 1. The molecule has 1 heterocycles. The van der Waals surface area contributed by atoms with Gasteiger partial charge in [-0.25, -0.2) is 0 Å². The van der Waals surface area contributed by atoms with E-state index in [0.29, 0.717) is 48.5 Å². The molecule has 2 unspecified atom stereocenters. The van der Waals surface area contributed by atoms with Crippen LogP contribution in [0.5, 0.6) is 0 Å². The van der Waals surface area contributed by atoms with Gasteiger partial charge in [-0.1, -0.05) is 29.6 Å². The normalized spacial score (nSPS) is 20.1. The van der Waals surface area contributed by atoms with Gasteiger partial charge in [0.2, 0.25) is 17.6 Å². The monoisotopic (exact) mass is 376 g/mol. The van der Waals surface area contributed by atoms with Crippen molar-refractivity contribution in [2.45, 2.75) is 51.0 Å². The fraction of sp³-hybridized carbons (Fsp3) is 0.526. The lowest BCUT2D eigenvalue weighted by Gasteiger charge is -2.31. The minimum atomic E-state index is 0.0767. The van der Waals surface area contributed by atoms with Gasteiger partial charge < -0.3 is 15.6 Å². The summed E-state index contributed by atoms with van der Waals surface area (Å²) in [5.41, 5.74) is 6.67. The Morgan fingerprint density at radius 3 is 2.81 bits per heavy atom. The quantitative estimate of drug-likeness (QED) is 0.772. The number of nitrogens with zero attached hydrogens (tertiary/aromatic N) is 2. The third-order valence-corrected chi connectivity index (χ3v) is 5.18. The van der Waals surface area contributed by atoms with Gasteiger partial charge in [-0.05, 0) is 56.0 Å². The first-order valence-electron chi connectivity index (χ1n) is 9.23. The minimum Gasteiger partial charge on any atom is -0.353 e. The first-order valence-corrected chi connectivity index (χ1v) is 9.61. The number of hydrogen-bond donors (Lipinski definition) is 2. The maximum Gasteiger partial charge on any atom is 0.226 e. The van der Waals surface area contributed by atoms with E-state index in [1.807, 2.05) is 12.1 Å². The zero-order valence-corrected chi connectivity index (χ0v) is 15.5. The second-order valence-corrected chi connectivity index (χ2v) is 7.26. The van der Waals surface area contributed by atoms with E-state index in [4.69, 9.17) is 21.9 Å². The summed E-state index contributed by atoms with van der Waals surface area (Å²) in [6.45, 7) is 0.639. The van der Waals surface area contributed by atoms with Crippen LogP contribution in [-0.4, -0.2) is 28.6 Å². The van der Waals surface area contributed by atoms with E-state index in [0.717, 1.165) is 24.8 Å². The third kappa shape index (κ3) is 5.05. The fourth-order valence-corrected chi connectivity index (χ4v) is 3.56. The highest BCUT2D eigenvalue weighted by molar-refractivity contribution is 6.30. The van der Waals surface area contributed by atoms with Crippen molar-refractivity contribution in [3.05, 3.63) is 35.2 Å². The van der Waals surface area contributed by atoms with Crippen molar-refractivity contribution >= 4 is 17.5 Å². The average Bonchev–Trinajstić information content (AvgIpc) is 3.11. The maximum atomic E-state index is 12.2. The molecule has 1 aliphatic carbocycles. The maximum absolute atomic E-state index is 12.2. The second kappa shape index (κ2) is 9.14. The molecule has 2 aromatic rings. The Hall–Kier alpha value is -1.92. The number of carbonyl (C=O) groups is 1. The lowest BCUT2D eigenvalue weighted by molar-refractivity contribution is -0.122. The zero-order valence-electron chi connectivity index (χ0n) is 14.8. The molecule has 26 heavy (non-hydrogen) atoms. The van der Waals surface area contributed by atoms with Crippen LogP contribution in [0.15, 0.2) is 28.8 Å². The molecule has 1 fully saturated rings. The number of hydrogen-bond acceptors (Lipinski definition) is 5. The van der Waals surface area contributed by atoms with Gasteiger partial charge in [0, 0.05) is 29.5 Å². The smallest absolute Gasteiger partial charge is 0.226 e. The molecule has 0 aliphatic heterocycles.